The summed E-state index contributed by atoms with van der Waals surface area (Å²) in [6.07, 6.45) is 4.36. The average Bonchev–Trinajstić information content (AvgIpc) is 2.73. The van der Waals surface area contributed by atoms with Crippen molar-refractivity contribution in [2.24, 2.45) is 0 Å². The summed E-state index contributed by atoms with van der Waals surface area (Å²) in [7, 11) is 0. The van der Waals surface area contributed by atoms with Gasteiger partial charge in [0.05, 0.1) is 0 Å². The number of hydrogen-bond donors (Lipinski definition) is 2. The van der Waals surface area contributed by atoms with Gasteiger partial charge in [0.2, 0.25) is 5.60 Å². The lowest BCUT2D eigenvalue weighted by molar-refractivity contribution is -0.154. The number of unbranched alkanes of at least 4 members (excludes halogenated alkanes) is 3. The molecule has 0 aliphatic rings. The molecule has 0 aliphatic heterocycles. The Balaban J connectivity index is 1.87. The van der Waals surface area contributed by atoms with Crippen molar-refractivity contribution in [3.8, 4) is 11.5 Å². The monoisotopic (exact) mass is 486 g/mol. The van der Waals surface area contributed by atoms with Gasteiger partial charge in [-0.15, -0.1) is 11.8 Å². The fraction of sp³-hybridized carbons (Fsp3) is 0.552. The van der Waals surface area contributed by atoms with Crippen LogP contribution in [-0.2, 0) is 15.6 Å². The van der Waals surface area contributed by atoms with Crippen molar-refractivity contribution in [2.75, 3.05) is 5.75 Å². The SMILES string of the molecule is CC(CCCCCCSc1cc(C(C)(C)C)c(O)c(C(C)(C)C)c1)(Oc1ccccc1)C(=O)O. The van der Waals surface area contributed by atoms with E-state index in [1.807, 2.05) is 30.0 Å². The molecule has 0 saturated heterocycles. The fourth-order valence-electron chi connectivity index (χ4n) is 3.89. The first kappa shape index (κ1) is 28.1. The first-order valence-corrected chi connectivity index (χ1v) is 13.2. The van der Waals surface area contributed by atoms with Crippen LogP contribution in [-0.4, -0.2) is 27.5 Å². The van der Waals surface area contributed by atoms with Gasteiger partial charge in [0.25, 0.3) is 0 Å². The standard InChI is InChI=1S/C29H42O4S/c1-27(2,3)23-19-22(20-24(25(23)30)28(4,5)6)34-18-14-9-8-13-17-29(7,26(31)32)33-21-15-11-10-12-16-21/h10-12,15-16,19-20,30H,8-9,13-14,17-18H2,1-7H3,(H,31,32). The van der Waals surface area contributed by atoms with Crippen LogP contribution in [0.25, 0.3) is 0 Å². The summed E-state index contributed by atoms with van der Waals surface area (Å²) < 4.78 is 5.81. The molecule has 34 heavy (non-hydrogen) atoms. The quantitative estimate of drug-likeness (QED) is 0.249. The number of benzene rings is 2. The highest BCUT2D eigenvalue weighted by molar-refractivity contribution is 7.99. The van der Waals surface area contributed by atoms with Gasteiger partial charge in [-0.25, -0.2) is 4.79 Å². The third-order valence-corrected chi connectivity index (χ3v) is 7.12. The van der Waals surface area contributed by atoms with Crippen LogP contribution in [0.2, 0.25) is 0 Å². The second-order valence-electron chi connectivity index (χ2n) is 11.3. The minimum absolute atomic E-state index is 0.126. The lowest BCUT2D eigenvalue weighted by Crippen LogP contribution is -2.41. The largest absolute Gasteiger partial charge is 0.507 e. The number of para-hydroxylation sites is 1. The minimum Gasteiger partial charge on any atom is -0.507 e. The van der Waals surface area contributed by atoms with Crippen molar-refractivity contribution in [1.29, 1.82) is 0 Å². The highest BCUT2D eigenvalue weighted by atomic mass is 32.2. The number of carbonyl (C=O) groups is 1. The van der Waals surface area contributed by atoms with Gasteiger partial charge < -0.3 is 14.9 Å². The molecule has 188 valence electrons. The smallest absolute Gasteiger partial charge is 0.347 e. The number of thioether (sulfide) groups is 1. The molecule has 0 aliphatic carbocycles. The molecule has 0 bridgehead atoms. The normalized spacial score (nSPS) is 14.0. The molecule has 5 heteroatoms. The number of hydrogen-bond acceptors (Lipinski definition) is 4. The molecule has 1 atom stereocenters. The van der Waals surface area contributed by atoms with Crippen molar-refractivity contribution in [1.82, 2.24) is 0 Å². The fourth-order valence-corrected chi connectivity index (χ4v) is 4.88. The molecule has 4 nitrogen and oxygen atoms in total. The number of ether oxygens (including phenoxy) is 1. The summed E-state index contributed by atoms with van der Waals surface area (Å²) in [5.41, 5.74) is 0.524. The Kier molecular flexibility index (Phi) is 9.53. The van der Waals surface area contributed by atoms with Gasteiger partial charge >= 0.3 is 5.97 Å². The zero-order valence-corrected chi connectivity index (χ0v) is 22.7. The summed E-state index contributed by atoms with van der Waals surface area (Å²) >= 11 is 1.83. The maximum atomic E-state index is 11.8. The first-order chi connectivity index (χ1) is 15.7. The van der Waals surface area contributed by atoms with Crippen molar-refractivity contribution in [3.63, 3.8) is 0 Å². The van der Waals surface area contributed by atoms with Gasteiger partial charge in [-0.3, -0.25) is 0 Å². The van der Waals surface area contributed by atoms with Gasteiger partial charge in [-0.05, 0) is 67.0 Å². The molecule has 0 heterocycles. The summed E-state index contributed by atoms with van der Waals surface area (Å²) in [5.74, 6) is 1.07. The maximum Gasteiger partial charge on any atom is 0.347 e. The number of rotatable bonds is 11. The first-order valence-electron chi connectivity index (χ1n) is 12.2. The molecular weight excluding hydrogens is 444 g/mol. The van der Waals surface area contributed by atoms with Gasteiger partial charge in [0.1, 0.15) is 11.5 Å². The second-order valence-corrected chi connectivity index (χ2v) is 12.5. The van der Waals surface area contributed by atoms with Gasteiger partial charge in [-0.1, -0.05) is 72.6 Å². The molecule has 2 aromatic carbocycles. The van der Waals surface area contributed by atoms with Gasteiger partial charge in [0.15, 0.2) is 0 Å². The molecular formula is C29H42O4S. The second kappa shape index (κ2) is 11.5. The van der Waals surface area contributed by atoms with Crippen molar-refractivity contribution >= 4 is 17.7 Å². The minimum atomic E-state index is -1.21. The van der Waals surface area contributed by atoms with Crippen LogP contribution in [0.3, 0.4) is 0 Å². The van der Waals surface area contributed by atoms with Crippen LogP contribution in [0, 0.1) is 0 Å². The number of phenols is 1. The number of aliphatic carboxylic acids is 1. The van der Waals surface area contributed by atoms with E-state index in [2.05, 4.69) is 53.7 Å². The molecule has 1 unspecified atom stereocenters. The summed E-state index contributed by atoms with van der Waals surface area (Å²) in [6.45, 7) is 14.5. The van der Waals surface area contributed by atoms with Crippen LogP contribution >= 0.6 is 11.8 Å². The molecule has 2 rings (SSSR count). The Bertz CT molecular complexity index is 906. The lowest BCUT2D eigenvalue weighted by Gasteiger charge is -2.28. The number of carboxylic acid groups (broad SMARTS) is 1. The zero-order chi connectivity index (χ0) is 25.6. The maximum absolute atomic E-state index is 11.8. The van der Waals surface area contributed by atoms with Crippen LogP contribution in [0.1, 0.15) is 91.7 Å². The highest BCUT2D eigenvalue weighted by Gasteiger charge is 2.35. The highest BCUT2D eigenvalue weighted by Crippen LogP contribution is 2.41. The number of carboxylic acids is 1. The lowest BCUT2D eigenvalue weighted by atomic mass is 9.79. The molecule has 2 aromatic rings. The Morgan fingerprint density at radius 1 is 0.853 bits per heavy atom. The van der Waals surface area contributed by atoms with E-state index in [0.717, 1.165) is 42.6 Å². The van der Waals surface area contributed by atoms with E-state index in [1.165, 1.54) is 4.90 Å². The molecule has 0 radical (unpaired) electrons. The van der Waals surface area contributed by atoms with E-state index in [-0.39, 0.29) is 10.8 Å². The van der Waals surface area contributed by atoms with Gasteiger partial charge in [0, 0.05) is 16.0 Å². The van der Waals surface area contributed by atoms with Crippen LogP contribution in [0.4, 0.5) is 0 Å². The van der Waals surface area contributed by atoms with E-state index >= 15 is 0 Å². The third kappa shape index (κ3) is 7.97. The van der Waals surface area contributed by atoms with E-state index in [4.69, 9.17) is 4.74 Å². The van der Waals surface area contributed by atoms with Crippen LogP contribution in [0.5, 0.6) is 11.5 Å². The number of aromatic hydroxyl groups is 1. The Morgan fingerprint density at radius 3 is 1.88 bits per heavy atom. The molecule has 2 N–H and O–H groups in total. The Hall–Kier alpha value is -2.14. The van der Waals surface area contributed by atoms with E-state index < -0.39 is 11.6 Å². The summed E-state index contributed by atoms with van der Waals surface area (Å²) in [5, 5.41) is 20.6. The van der Waals surface area contributed by atoms with Crippen LogP contribution in [0.15, 0.2) is 47.4 Å². The Morgan fingerprint density at radius 2 is 1.38 bits per heavy atom. The third-order valence-electron chi connectivity index (χ3n) is 6.06. The van der Waals surface area contributed by atoms with E-state index in [0.29, 0.717) is 17.9 Å². The van der Waals surface area contributed by atoms with Crippen LogP contribution < -0.4 is 4.74 Å². The van der Waals surface area contributed by atoms with Crippen molar-refractivity contribution in [3.05, 3.63) is 53.6 Å². The van der Waals surface area contributed by atoms with E-state index in [9.17, 15) is 15.0 Å². The molecule has 0 saturated carbocycles. The van der Waals surface area contributed by atoms with E-state index in [1.54, 1.807) is 19.1 Å². The summed E-state index contributed by atoms with van der Waals surface area (Å²) in [4.78, 5) is 13.0. The van der Waals surface area contributed by atoms with Gasteiger partial charge in [-0.2, -0.15) is 0 Å². The zero-order valence-electron chi connectivity index (χ0n) is 21.9. The molecule has 0 fully saturated rings. The Labute approximate surface area is 210 Å². The van der Waals surface area contributed by atoms with Crippen molar-refractivity contribution in [2.45, 2.75) is 102 Å². The molecule has 0 aromatic heterocycles. The van der Waals surface area contributed by atoms with Crippen molar-refractivity contribution < 1.29 is 19.7 Å². The molecule has 0 spiro atoms. The number of phenolic OH excluding ortho intramolecular Hbond substituents is 1. The average molecular weight is 487 g/mol. The predicted octanol–water partition coefficient (Wildman–Crippen LogP) is 7.95. The topological polar surface area (TPSA) is 66.8 Å². The molecule has 0 amide bonds. The summed E-state index contributed by atoms with van der Waals surface area (Å²) in [6, 6.07) is 13.4. The predicted molar refractivity (Wildman–Crippen MR) is 142 cm³/mol.